The third-order valence-electron chi connectivity index (χ3n) is 4.26. The van der Waals surface area contributed by atoms with Crippen LogP contribution in [0.4, 0.5) is 5.69 Å². The molecule has 0 aromatic heterocycles. The highest BCUT2D eigenvalue weighted by atomic mass is 35.5. The lowest BCUT2D eigenvalue weighted by Crippen LogP contribution is -2.29. The number of carbonyl (C=O) groups is 1. The normalized spacial score (nSPS) is 11.4. The maximum atomic E-state index is 12.3. The molecule has 3 rings (SSSR count). The van der Waals surface area contributed by atoms with Crippen LogP contribution in [0.1, 0.15) is 21.5 Å². The second kappa shape index (κ2) is 9.56. The Labute approximate surface area is 180 Å². The van der Waals surface area contributed by atoms with Crippen molar-refractivity contribution in [2.45, 2.75) is 6.54 Å². The molecule has 3 aromatic carbocycles. The number of para-hydroxylation sites is 1. The fraction of sp³-hybridized carbons (Fsp3) is 0.0909. The number of hydrazone groups is 1. The van der Waals surface area contributed by atoms with E-state index in [9.17, 15) is 13.2 Å². The molecule has 0 saturated heterocycles. The lowest BCUT2D eigenvalue weighted by molar-refractivity contribution is 0.0955. The lowest BCUT2D eigenvalue weighted by atomic mass is 10.1. The van der Waals surface area contributed by atoms with Gasteiger partial charge in [0.2, 0.25) is 10.0 Å². The Morgan fingerprint density at radius 3 is 2.27 bits per heavy atom. The van der Waals surface area contributed by atoms with Crippen LogP contribution in [0.15, 0.2) is 84.0 Å². The van der Waals surface area contributed by atoms with Gasteiger partial charge in [-0.3, -0.25) is 9.10 Å². The first-order valence-electron chi connectivity index (χ1n) is 9.04. The number of anilines is 1. The molecule has 1 amide bonds. The van der Waals surface area contributed by atoms with Gasteiger partial charge in [-0.25, -0.2) is 13.8 Å². The van der Waals surface area contributed by atoms with Crippen molar-refractivity contribution < 1.29 is 13.2 Å². The van der Waals surface area contributed by atoms with Crippen LogP contribution >= 0.6 is 11.6 Å². The van der Waals surface area contributed by atoms with Crippen LogP contribution in [0.2, 0.25) is 5.02 Å². The summed E-state index contributed by atoms with van der Waals surface area (Å²) < 4.78 is 25.7. The molecular weight excluding hydrogens is 422 g/mol. The quantitative estimate of drug-likeness (QED) is 0.443. The van der Waals surface area contributed by atoms with Gasteiger partial charge in [-0.15, -0.1) is 0 Å². The minimum atomic E-state index is -3.46. The van der Waals surface area contributed by atoms with E-state index in [0.29, 0.717) is 21.8 Å². The first-order chi connectivity index (χ1) is 14.3. The van der Waals surface area contributed by atoms with Crippen LogP contribution in [0.3, 0.4) is 0 Å². The highest BCUT2D eigenvalue weighted by Crippen LogP contribution is 2.20. The van der Waals surface area contributed by atoms with Gasteiger partial charge in [0, 0.05) is 16.1 Å². The van der Waals surface area contributed by atoms with E-state index in [-0.39, 0.29) is 12.5 Å². The van der Waals surface area contributed by atoms with E-state index in [0.717, 1.165) is 5.56 Å². The van der Waals surface area contributed by atoms with E-state index in [1.165, 1.54) is 16.8 Å². The van der Waals surface area contributed by atoms with Crippen molar-refractivity contribution in [3.05, 3.63) is 101 Å². The van der Waals surface area contributed by atoms with Crippen LogP contribution in [0, 0.1) is 0 Å². The summed E-state index contributed by atoms with van der Waals surface area (Å²) in [5.41, 5.74) is 4.88. The predicted molar refractivity (Wildman–Crippen MR) is 120 cm³/mol. The minimum Gasteiger partial charge on any atom is -0.267 e. The largest absolute Gasteiger partial charge is 0.271 e. The Morgan fingerprint density at radius 2 is 1.63 bits per heavy atom. The van der Waals surface area contributed by atoms with Gasteiger partial charge < -0.3 is 0 Å². The monoisotopic (exact) mass is 441 g/mol. The molecule has 6 nitrogen and oxygen atoms in total. The van der Waals surface area contributed by atoms with Crippen LogP contribution in [0.25, 0.3) is 0 Å². The Morgan fingerprint density at radius 1 is 1.00 bits per heavy atom. The van der Waals surface area contributed by atoms with Gasteiger partial charge >= 0.3 is 0 Å². The van der Waals surface area contributed by atoms with Gasteiger partial charge in [-0.05, 0) is 35.9 Å². The molecule has 0 saturated carbocycles. The summed E-state index contributed by atoms with van der Waals surface area (Å²) in [6, 6.07) is 22.7. The van der Waals surface area contributed by atoms with E-state index >= 15 is 0 Å². The molecule has 0 heterocycles. The molecule has 0 aliphatic heterocycles. The average Bonchev–Trinajstić information content (AvgIpc) is 2.73. The number of hydrogen-bond acceptors (Lipinski definition) is 4. The molecular formula is C22H20ClN3O3S. The first kappa shape index (κ1) is 21.5. The van der Waals surface area contributed by atoms with Gasteiger partial charge in [-0.2, -0.15) is 5.10 Å². The zero-order valence-corrected chi connectivity index (χ0v) is 17.8. The molecule has 8 heteroatoms. The molecule has 0 aliphatic carbocycles. The van der Waals surface area contributed by atoms with Gasteiger partial charge in [0.05, 0.1) is 24.7 Å². The summed E-state index contributed by atoms with van der Waals surface area (Å²) in [7, 11) is -3.46. The number of halogens is 1. The van der Waals surface area contributed by atoms with Gasteiger partial charge in [0.25, 0.3) is 5.91 Å². The number of nitrogens with one attached hydrogen (secondary N) is 1. The maximum absolute atomic E-state index is 12.3. The summed E-state index contributed by atoms with van der Waals surface area (Å²) in [6.45, 7) is 0.162. The SMILES string of the molecule is CS(=O)(=O)N(Cc1ccc(C(=O)N/N=C/c2ccccc2Cl)cc1)c1ccccc1. The molecule has 154 valence electrons. The molecule has 3 aromatic rings. The van der Waals surface area contributed by atoms with Gasteiger partial charge in [0.1, 0.15) is 0 Å². The van der Waals surface area contributed by atoms with Crippen LogP contribution in [0.5, 0.6) is 0 Å². The molecule has 0 atom stereocenters. The fourth-order valence-corrected chi connectivity index (χ4v) is 3.80. The standard InChI is InChI=1S/C22H20ClN3O3S/c1-30(28,29)26(20-8-3-2-4-9-20)16-17-11-13-18(14-12-17)22(27)25-24-15-19-7-5-6-10-21(19)23/h2-15H,16H2,1H3,(H,25,27)/b24-15+. The van der Waals surface area contributed by atoms with Crippen molar-refractivity contribution in [3.8, 4) is 0 Å². The molecule has 0 fully saturated rings. The van der Waals surface area contributed by atoms with Crippen molar-refractivity contribution in [2.24, 2.45) is 5.10 Å². The fourth-order valence-electron chi connectivity index (χ4n) is 2.73. The van der Waals surface area contributed by atoms with E-state index in [2.05, 4.69) is 10.5 Å². The summed E-state index contributed by atoms with van der Waals surface area (Å²) in [6.07, 6.45) is 2.64. The second-order valence-corrected chi connectivity index (χ2v) is 8.84. The van der Waals surface area contributed by atoms with E-state index in [4.69, 9.17) is 11.6 Å². The molecule has 0 bridgehead atoms. The molecule has 30 heavy (non-hydrogen) atoms. The highest BCUT2D eigenvalue weighted by molar-refractivity contribution is 7.92. The van der Waals surface area contributed by atoms with E-state index < -0.39 is 10.0 Å². The highest BCUT2D eigenvalue weighted by Gasteiger charge is 2.17. The van der Waals surface area contributed by atoms with E-state index in [1.54, 1.807) is 60.7 Å². The molecule has 0 unspecified atom stereocenters. The van der Waals surface area contributed by atoms with Crippen molar-refractivity contribution >= 4 is 39.4 Å². The number of carbonyl (C=O) groups excluding carboxylic acids is 1. The Balaban J connectivity index is 1.68. The molecule has 1 N–H and O–H groups in total. The number of rotatable bonds is 7. The Hall–Kier alpha value is -3.16. The number of benzene rings is 3. The van der Waals surface area contributed by atoms with Crippen molar-refractivity contribution in [1.29, 1.82) is 0 Å². The smallest absolute Gasteiger partial charge is 0.267 e. The van der Waals surface area contributed by atoms with Gasteiger partial charge in [-0.1, -0.05) is 60.1 Å². The van der Waals surface area contributed by atoms with Crippen LogP contribution < -0.4 is 9.73 Å². The van der Waals surface area contributed by atoms with Gasteiger partial charge in [0.15, 0.2) is 0 Å². The Bertz CT molecular complexity index is 1150. The number of nitrogens with zero attached hydrogens (tertiary/aromatic N) is 2. The topological polar surface area (TPSA) is 78.8 Å². The van der Waals surface area contributed by atoms with Crippen molar-refractivity contribution in [2.75, 3.05) is 10.6 Å². The maximum Gasteiger partial charge on any atom is 0.271 e. The predicted octanol–water partition coefficient (Wildman–Crippen LogP) is 4.07. The number of amides is 1. The summed E-state index contributed by atoms with van der Waals surface area (Å²) >= 11 is 6.04. The second-order valence-electron chi connectivity index (χ2n) is 6.52. The Kier molecular flexibility index (Phi) is 6.87. The summed E-state index contributed by atoms with van der Waals surface area (Å²) in [4.78, 5) is 12.3. The zero-order valence-electron chi connectivity index (χ0n) is 16.2. The summed E-state index contributed by atoms with van der Waals surface area (Å²) in [5.74, 6) is -0.382. The van der Waals surface area contributed by atoms with Crippen molar-refractivity contribution in [1.82, 2.24) is 5.43 Å². The first-order valence-corrected chi connectivity index (χ1v) is 11.3. The van der Waals surface area contributed by atoms with E-state index in [1.807, 2.05) is 18.2 Å². The van der Waals surface area contributed by atoms with Crippen molar-refractivity contribution in [3.63, 3.8) is 0 Å². The van der Waals surface area contributed by atoms with Crippen LogP contribution in [-0.2, 0) is 16.6 Å². The number of hydrogen-bond donors (Lipinski definition) is 1. The number of sulfonamides is 1. The minimum absolute atomic E-state index is 0.162. The molecule has 0 aliphatic rings. The summed E-state index contributed by atoms with van der Waals surface area (Å²) in [5, 5.41) is 4.46. The molecule has 0 spiro atoms. The third kappa shape index (κ3) is 5.68. The average molecular weight is 442 g/mol. The molecule has 0 radical (unpaired) electrons. The lowest BCUT2D eigenvalue weighted by Gasteiger charge is -2.22. The third-order valence-corrected chi connectivity index (χ3v) is 5.75. The zero-order chi connectivity index (χ0) is 21.6. The van der Waals surface area contributed by atoms with Crippen LogP contribution in [-0.4, -0.2) is 26.8 Å².